The van der Waals surface area contributed by atoms with Crippen LogP contribution in [0.2, 0.25) is 0 Å². The minimum atomic E-state index is -0.151. The number of rotatable bonds is 5. The summed E-state index contributed by atoms with van der Waals surface area (Å²) in [6.45, 7) is 0.651. The van der Waals surface area contributed by atoms with Crippen molar-refractivity contribution in [1.82, 2.24) is 0 Å². The van der Waals surface area contributed by atoms with Gasteiger partial charge in [0, 0.05) is 16.4 Å². The Morgan fingerprint density at radius 1 is 1.47 bits per heavy atom. The average Bonchev–Trinajstić information content (AvgIpc) is 2.17. The molecule has 0 amide bonds. The Balaban J connectivity index is 2.50. The van der Waals surface area contributed by atoms with Gasteiger partial charge in [-0.05, 0) is 30.5 Å². The van der Waals surface area contributed by atoms with E-state index in [1.165, 1.54) is 6.07 Å². The van der Waals surface area contributed by atoms with E-state index in [0.29, 0.717) is 6.61 Å². The fourth-order valence-corrected chi connectivity index (χ4v) is 2.13. The summed E-state index contributed by atoms with van der Waals surface area (Å²) in [7, 11) is 1.66. The summed E-state index contributed by atoms with van der Waals surface area (Å²) >= 11 is 6.71. The Hall–Kier alpha value is 0.0700. The zero-order chi connectivity index (χ0) is 11.3. The first kappa shape index (κ1) is 13.1. The van der Waals surface area contributed by atoms with Gasteiger partial charge in [0.15, 0.2) is 0 Å². The van der Waals surface area contributed by atoms with E-state index in [0.717, 1.165) is 22.9 Å². The summed E-state index contributed by atoms with van der Waals surface area (Å²) < 4.78 is 19.2. The molecule has 1 aromatic rings. The third kappa shape index (κ3) is 4.62. The van der Waals surface area contributed by atoms with Crippen LogP contribution < -0.4 is 0 Å². The third-order valence-electron chi connectivity index (χ3n) is 2.09. The maximum absolute atomic E-state index is 13.4. The highest BCUT2D eigenvalue weighted by molar-refractivity contribution is 9.10. The molecule has 0 saturated carbocycles. The van der Waals surface area contributed by atoms with Gasteiger partial charge in [-0.1, -0.05) is 37.9 Å². The second kappa shape index (κ2) is 6.61. The monoisotopic (exact) mass is 338 g/mol. The number of halogens is 3. The topological polar surface area (TPSA) is 9.23 Å². The number of hydrogen-bond donors (Lipinski definition) is 0. The van der Waals surface area contributed by atoms with Crippen molar-refractivity contribution in [3.63, 3.8) is 0 Å². The molecule has 0 aliphatic rings. The predicted molar refractivity (Wildman–Crippen MR) is 67.0 cm³/mol. The van der Waals surface area contributed by atoms with Gasteiger partial charge in [-0.3, -0.25) is 0 Å². The van der Waals surface area contributed by atoms with E-state index in [1.54, 1.807) is 7.11 Å². The van der Waals surface area contributed by atoms with Crippen LogP contribution in [0.1, 0.15) is 12.0 Å². The first-order valence-corrected chi connectivity index (χ1v) is 6.41. The number of aryl methyl sites for hydroxylation is 1. The molecule has 0 bridgehead atoms. The molecule has 84 valence electrons. The van der Waals surface area contributed by atoms with Crippen LogP contribution in [-0.2, 0) is 11.2 Å². The van der Waals surface area contributed by atoms with Crippen molar-refractivity contribution >= 4 is 31.9 Å². The summed E-state index contributed by atoms with van der Waals surface area (Å²) in [5, 5.41) is 0. The zero-order valence-corrected chi connectivity index (χ0v) is 11.6. The van der Waals surface area contributed by atoms with Crippen LogP contribution >= 0.6 is 31.9 Å². The molecular formula is C11H13Br2FO. The molecule has 0 radical (unpaired) electrons. The normalized spacial score (nSPS) is 12.8. The number of hydrogen-bond acceptors (Lipinski definition) is 1. The molecule has 1 atom stereocenters. The van der Waals surface area contributed by atoms with E-state index in [9.17, 15) is 4.39 Å². The van der Waals surface area contributed by atoms with Gasteiger partial charge in [0.25, 0.3) is 0 Å². The van der Waals surface area contributed by atoms with E-state index >= 15 is 0 Å². The zero-order valence-electron chi connectivity index (χ0n) is 8.47. The quantitative estimate of drug-likeness (QED) is 0.738. The predicted octanol–water partition coefficient (Wildman–Crippen LogP) is 3.93. The molecule has 0 spiro atoms. The molecule has 15 heavy (non-hydrogen) atoms. The van der Waals surface area contributed by atoms with E-state index in [2.05, 4.69) is 31.9 Å². The Morgan fingerprint density at radius 2 is 2.20 bits per heavy atom. The molecule has 1 rings (SSSR count). The summed E-state index contributed by atoms with van der Waals surface area (Å²) in [5.41, 5.74) is 0.749. The van der Waals surface area contributed by atoms with Crippen LogP contribution in [0.25, 0.3) is 0 Å². The maximum Gasteiger partial charge on any atom is 0.127 e. The van der Waals surface area contributed by atoms with Crippen LogP contribution in [0.5, 0.6) is 0 Å². The number of alkyl halides is 1. The third-order valence-corrected chi connectivity index (χ3v) is 3.30. The average molecular weight is 340 g/mol. The summed E-state index contributed by atoms with van der Waals surface area (Å²) in [6.07, 6.45) is 1.59. The van der Waals surface area contributed by atoms with Crippen LogP contribution in [0.15, 0.2) is 22.7 Å². The molecular weight excluding hydrogens is 327 g/mol. The second-order valence-corrected chi connectivity index (χ2v) is 5.54. The van der Waals surface area contributed by atoms with E-state index in [4.69, 9.17) is 4.74 Å². The Labute approximate surface area is 106 Å². The van der Waals surface area contributed by atoms with Crippen molar-refractivity contribution in [1.29, 1.82) is 0 Å². The molecule has 4 heteroatoms. The SMILES string of the molecule is COCC(Br)CCc1ccc(Br)cc1F. The lowest BCUT2D eigenvalue weighted by Gasteiger charge is -2.08. The van der Waals surface area contributed by atoms with Gasteiger partial charge in [-0.2, -0.15) is 0 Å². The van der Waals surface area contributed by atoms with Crippen molar-refractivity contribution in [2.45, 2.75) is 17.7 Å². The highest BCUT2D eigenvalue weighted by Crippen LogP contribution is 2.18. The number of benzene rings is 1. The van der Waals surface area contributed by atoms with Crippen molar-refractivity contribution in [3.8, 4) is 0 Å². The van der Waals surface area contributed by atoms with Gasteiger partial charge in [-0.15, -0.1) is 0 Å². The van der Waals surface area contributed by atoms with E-state index in [1.807, 2.05) is 12.1 Å². The molecule has 1 unspecified atom stereocenters. The van der Waals surface area contributed by atoms with Crippen molar-refractivity contribution in [2.24, 2.45) is 0 Å². The van der Waals surface area contributed by atoms with Crippen molar-refractivity contribution < 1.29 is 9.13 Å². The van der Waals surface area contributed by atoms with Gasteiger partial charge >= 0.3 is 0 Å². The molecule has 0 aliphatic heterocycles. The highest BCUT2D eigenvalue weighted by atomic mass is 79.9. The van der Waals surface area contributed by atoms with Gasteiger partial charge < -0.3 is 4.74 Å². The molecule has 0 aliphatic carbocycles. The Kier molecular flexibility index (Phi) is 5.79. The van der Waals surface area contributed by atoms with Gasteiger partial charge in [0.2, 0.25) is 0 Å². The summed E-state index contributed by atoms with van der Waals surface area (Å²) in [6, 6.07) is 5.17. The minimum Gasteiger partial charge on any atom is -0.384 e. The second-order valence-electron chi connectivity index (χ2n) is 3.33. The first-order chi connectivity index (χ1) is 7.13. The smallest absolute Gasteiger partial charge is 0.127 e. The molecule has 1 nitrogen and oxygen atoms in total. The highest BCUT2D eigenvalue weighted by Gasteiger charge is 2.07. The van der Waals surface area contributed by atoms with Crippen LogP contribution in [0, 0.1) is 5.82 Å². The Bertz CT molecular complexity index is 317. The fraction of sp³-hybridized carbons (Fsp3) is 0.455. The molecule has 0 heterocycles. The fourth-order valence-electron chi connectivity index (χ4n) is 1.30. The van der Waals surface area contributed by atoms with Gasteiger partial charge in [-0.25, -0.2) is 4.39 Å². The van der Waals surface area contributed by atoms with E-state index in [-0.39, 0.29) is 10.6 Å². The van der Waals surface area contributed by atoms with Crippen molar-refractivity contribution in [3.05, 3.63) is 34.1 Å². The van der Waals surface area contributed by atoms with Crippen molar-refractivity contribution in [2.75, 3.05) is 13.7 Å². The molecule has 0 N–H and O–H groups in total. The summed E-state index contributed by atoms with van der Waals surface area (Å²) in [5.74, 6) is -0.151. The number of methoxy groups -OCH3 is 1. The molecule has 0 saturated heterocycles. The lowest BCUT2D eigenvalue weighted by atomic mass is 10.1. The van der Waals surface area contributed by atoms with Gasteiger partial charge in [0.1, 0.15) is 5.82 Å². The minimum absolute atomic E-state index is 0.151. The van der Waals surface area contributed by atoms with Crippen LogP contribution in [0.3, 0.4) is 0 Å². The van der Waals surface area contributed by atoms with E-state index < -0.39 is 0 Å². The first-order valence-electron chi connectivity index (χ1n) is 4.70. The number of ether oxygens (including phenoxy) is 1. The lowest BCUT2D eigenvalue weighted by Crippen LogP contribution is -2.08. The Morgan fingerprint density at radius 3 is 2.80 bits per heavy atom. The maximum atomic E-state index is 13.4. The molecule has 0 fully saturated rings. The lowest BCUT2D eigenvalue weighted by molar-refractivity contribution is 0.198. The molecule has 1 aromatic carbocycles. The van der Waals surface area contributed by atoms with Gasteiger partial charge in [0.05, 0.1) is 6.61 Å². The van der Waals surface area contributed by atoms with Crippen LogP contribution in [0.4, 0.5) is 4.39 Å². The largest absolute Gasteiger partial charge is 0.384 e. The standard InChI is InChI=1S/C11H13Br2FO/c1-15-7-10(13)5-3-8-2-4-9(12)6-11(8)14/h2,4,6,10H,3,5,7H2,1H3. The summed E-state index contributed by atoms with van der Waals surface area (Å²) in [4.78, 5) is 0.283. The van der Waals surface area contributed by atoms with Crippen LogP contribution in [-0.4, -0.2) is 18.5 Å². The molecule has 0 aromatic heterocycles.